The zero-order chi connectivity index (χ0) is 105. The minimum absolute atomic E-state index is 0.00307. The van der Waals surface area contributed by atoms with Gasteiger partial charge in [-0.2, -0.15) is 26.8 Å². The van der Waals surface area contributed by atoms with Crippen molar-refractivity contribution in [3.63, 3.8) is 0 Å². The average Bonchev–Trinajstić information content (AvgIpc) is 0.772. The van der Waals surface area contributed by atoms with E-state index in [1.165, 1.54) is 70.2 Å². The number of amides is 5. The molecule has 32 nitrogen and oxygen atoms in total. The number of carbonyl (C=O) groups is 5. The second-order valence-electron chi connectivity index (χ2n) is 37.4. The lowest BCUT2D eigenvalue weighted by atomic mass is 10.0. The first-order chi connectivity index (χ1) is 70.7. The van der Waals surface area contributed by atoms with Crippen molar-refractivity contribution in [2.75, 3.05) is 89.9 Å². The van der Waals surface area contributed by atoms with E-state index in [2.05, 4.69) is 20.9 Å². The molecule has 10 aliphatic heterocycles. The Bertz CT molecular complexity index is 7560. The number of halogens is 5. The highest BCUT2D eigenvalue weighted by atomic mass is 79.9. The summed E-state index contributed by atoms with van der Waals surface area (Å²) in [5.74, 6) is 0. The number of piperidine rings is 5. The largest absolute Gasteiger partial charge is 0.444 e. The monoisotopic (exact) mass is 2250 g/mol. The molecule has 5 amide bonds. The van der Waals surface area contributed by atoms with E-state index in [1.807, 2.05) is 174 Å². The van der Waals surface area contributed by atoms with Crippen molar-refractivity contribution < 1.29 is 89.7 Å². The fraction of sp³-hybridized carbons (Fsp3) is 0.330. The third-order valence-electron chi connectivity index (χ3n) is 27.8. The first-order valence-electron chi connectivity index (χ1n) is 48.2. The number of nitriles is 1. The second-order valence-corrected chi connectivity index (χ2v) is 49.5. The summed E-state index contributed by atoms with van der Waals surface area (Å²) in [6, 6.07) is 66.2. The summed E-state index contributed by atoms with van der Waals surface area (Å²) in [6.45, 7) is 14.4. The second kappa shape index (κ2) is 45.7. The molecule has 10 aliphatic rings. The Kier molecular flexibility index (Phi) is 33.2. The first-order valence-corrected chi connectivity index (χ1v) is 57.7. The van der Waals surface area contributed by atoms with Crippen LogP contribution in [-0.4, -0.2) is 195 Å². The Morgan fingerprint density at radius 3 is 0.905 bits per heavy atom. The molecule has 0 bridgehead atoms. The summed E-state index contributed by atoms with van der Waals surface area (Å²) in [5, 5.41) is 10.4. The van der Waals surface area contributed by atoms with Crippen LogP contribution in [0.3, 0.4) is 0 Å². The molecule has 0 radical (unpaired) electrons. The number of rotatable bonds is 16. The number of benzene rings is 10. The van der Waals surface area contributed by atoms with Crippen LogP contribution >= 0.6 is 62.3 Å². The van der Waals surface area contributed by atoms with Crippen molar-refractivity contribution in [3.05, 3.63) is 310 Å². The van der Waals surface area contributed by atoms with Crippen LogP contribution in [0.4, 0.5) is 52.4 Å². The third-order valence-corrected chi connectivity index (χ3v) is 39.4. The highest BCUT2D eigenvalue weighted by molar-refractivity contribution is 9.10. The van der Waals surface area contributed by atoms with Gasteiger partial charge in [0.15, 0.2) is 0 Å². The Labute approximate surface area is 889 Å². The molecule has 10 aromatic carbocycles. The molecule has 1 aromatic heterocycles. The van der Waals surface area contributed by atoms with Crippen molar-refractivity contribution in [2.24, 2.45) is 0 Å². The zero-order valence-corrected chi connectivity index (χ0v) is 90.1. The summed E-state index contributed by atoms with van der Waals surface area (Å²) in [6.07, 6.45) is 4.62. The predicted molar refractivity (Wildman–Crippen MR) is 566 cm³/mol. The molecule has 0 saturated carbocycles. The molecule has 0 atom stereocenters. The maximum Gasteiger partial charge on any atom is 0.414 e. The third kappa shape index (κ3) is 23.4. The van der Waals surface area contributed by atoms with Crippen LogP contribution in [0.1, 0.15) is 125 Å². The highest BCUT2D eigenvalue weighted by Crippen LogP contribution is 2.43. The molecule has 776 valence electrons. The lowest BCUT2D eigenvalue weighted by Crippen LogP contribution is -2.50. The topological polar surface area (TPSA) is 371 Å². The molecule has 148 heavy (non-hydrogen) atoms. The molecule has 0 N–H and O–H groups in total. The van der Waals surface area contributed by atoms with E-state index in [4.69, 9.17) is 70.1 Å². The van der Waals surface area contributed by atoms with Gasteiger partial charge in [0, 0.05) is 140 Å². The van der Waals surface area contributed by atoms with Crippen LogP contribution in [-0.2, 0) is 107 Å². The van der Waals surface area contributed by atoms with E-state index in [0.717, 1.165) is 95.2 Å². The van der Waals surface area contributed by atoms with Gasteiger partial charge in [0.05, 0.1) is 58.2 Å². The molecule has 42 heteroatoms. The van der Waals surface area contributed by atoms with Gasteiger partial charge in [-0.15, -0.1) is 0 Å². The zero-order valence-electron chi connectivity index (χ0n) is 81.4. The van der Waals surface area contributed by atoms with Gasteiger partial charge in [-0.3, -0.25) is 24.5 Å². The van der Waals surface area contributed by atoms with Crippen molar-refractivity contribution in [1.29, 1.82) is 5.26 Å². The highest BCUT2D eigenvalue weighted by Gasteiger charge is 2.45. The van der Waals surface area contributed by atoms with Gasteiger partial charge in [-0.25, -0.2) is 71.0 Å². The maximum atomic E-state index is 13.2. The van der Waals surface area contributed by atoms with E-state index in [-0.39, 0.29) is 149 Å². The molecular weight excluding hydrogens is 2140 g/mol. The number of fused-ring (bicyclic) bond motifs is 5. The van der Waals surface area contributed by atoms with Crippen LogP contribution in [0.2, 0.25) is 20.2 Å². The normalized spacial score (nSPS) is 18.2. The Morgan fingerprint density at radius 2 is 0.588 bits per heavy atom. The van der Waals surface area contributed by atoms with Gasteiger partial charge in [0.2, 0.25) is 50.1 Å². The summed E-state index contributed by atoms with van der Waals surface area (Å²) >= 11 is 27.0. The van der Waals surface area contributed by atoms with E-state index in [0.29, 0.717) is 123 Å². The van der Waals surface area contributed by atoms with Crippen LogP contribution in [0.5, 0.6) is 0 Å². The molecule has 0 unspecified atom stereocenters. The van der Waals surface area contributed by atoms with E-state index >= 15 is 0 Å². The van der Waals surface area contributed by atoms with Gasteiger partial charge in [0.25, 0.3) is 0 Å². The van der Waals surface area contributed by atoms with Crippen LogP contribution in [0, 0.1) is 45.9 Å². The maximum absolute atomic E-state index is 13.2. The summed E-state index contributed by atoms with van der Waals surface area (Å²) in [7, 11) is -18.4. The number of pyridine rings is 1. The molecule has 11 aromatic rings. The molecular formula is C106H107BrCl4N12O20S5. The minimum atomic E-state index is -3.77. The smallest absolute Gasteiger partial charge is 0.414 e. The average molecular weight is 2250 g/mol. The number of carbonyl (C=O) groups excluding carboxylic acids is 5. The molecule has 0 aliphatic carbocycles. The Morgan fingerprint density at radius 1 is 0.311 bits per heavy atom. The van der Waals surface area contributed by atoms with E-state index < -0.39 is 56.2 Å². The Balaban J connectivity index is 0.000000126. The van der Waals surface area contributed by atoms with Crippen molar-refractivity contribution in [1.82, 2.24) is 26.5 Å². The van der Waals surface area contributed by atoms with Crippen molar-refractivity contribution in [2.45, 2.75) is 187 Å². The van der Waals surface area contributed by atoms with Crippen LogP contribution in [0.25, 0.3) is 11.1 Å². The number of ether oxygens (including phenoxy) is 5. The fourth-order valence-electron chi connectivity index (χ4n) is 20.1. The number of nitrogens with zero attached hydrogens (tertiary/aromatic N) is 12. The van der Waals surface area contributed by atoms with Crippen LogP contribution in [0.15, 0.2) is 254 Å². The minimum Gasteiger partial charge on any atom is -0.444 e. The van der Waals surface area contributed by atoms with E-state index in [9.17, 15) is 71.3 Å². The summed E-state index contributed by atoms with van der Waals surface area (Å²) in [5.41, 5.74) is 16.8. The molecule has 5 saturated heterocycles. The van der Waals surface area contributed by atoms with Gasteiger partial charge in [-0.1, -0.05) is 189 Å². The Hall–Kier alpha value is -11.6. The molecule has 11 heterocycles. The summed E-state index contributed by atoms with van der Waals surface area (Å²) < 4.78 is 165. The van der Waals surface area contributed by atoms with E-state index in [1.54, 1.807) is 67.0 Å². The number of hydrogen-bond acceptors (Lipinski definition) is 22. The number of sulfonamides is 5. The molecule has 21 rings (SSSR count). The summed E-state index contributed by atoms with van der Waals surface area (Å²) in [4.78, 5) is 75.3. The quantitative estimate of drug-likeness (QED) is 0.0640. The number of aromatic nitrogens is 1. The lowest BCUT2D eigenvalue weighted by Gasteiger charge is -2.39. The fourth-order valence-corrected chi connectivity index (χ4v) is 29.0. The molecule has 5 fully saturated rings. The number of hydrogen-bond donors (Lipinski definition) is 0. The van der Waals surface area contributed by atoms with Crippen molar-refractivity contribution in [3.8, 4) is 17.2 Å². The van der Waals surface area contributed by atoms with Gasteiger partial charge >= 0.3 is 30.5 Å². The lowest BCUT2D eigenvalue weighted by molar-refractivity contribution is 0.135. The van der Waals surface area contributed by atoms with Gasteiger partial charge in [0.1, 0.15) is 54.0 Å². The van der Waals surface area contributed by atoms with Crippen LogP contribution < -0.4 is 24.5 Å². The number of anilines is 5. The number of cyclic esters (lactones) is 5. The van der Waals surface area contributed by atoms with Gasteiger partial charge < -0.3 is 23.7 Å². The van der Waals surface area contributed by atoms with Gasteiger partial charge in [-0.05, 0) is 229 Å². The standard InChI is InChI=1S/C26H26N2O4S.C21H21N3O4S.C20H20Cl2N2O4S.C20H21ClN2O4S.C19H19BrClN3O4S/c1-19-7-12-25-22(17-19)18-32-26(29)28(25)23-13-15-27(16-14-23)33(30,31)24-10-8-21(9-11-24)20-5-3-2-4-6-20;1-15-6-7-19-17(12-15)14-28-21(25)24(19)18-8-10-23(11-9-18)29(26,27)20-5-3-2-4-16(20)13-22;1-13-2-5-18-14(10-13)12-28-20(25)24(18)16-6-8-23(9-7-16)29(26,27)19-11-15(21)3-4-17(19)22;1-14-2-7-19-15(12-14)13-27-20(24)23(19)17-8-10-22(11-9-17)28(25,26)18-5-3-16(21)4-6-18;1-12-2-3-17-13(8-12)11-28-19(25)24(17)14-4-6-23(7-5-14)29(26,27)15-9-16(20)18(21)22-10-15/h2-12,17,23H,13-16,18H2,1H3;2-7,12,18H,8-11,14H2,1H3;2-5,10-11,16H,6-9,12H2,1H3;2-7,12,17H,8-11,13H2,1H3;2-3,8-10,14H,4-7,11H2,1H3. The first kappa shape index (κ1) is 108. The SMILES string of the molecule is Cc1ccc2c(c1)COC(=O)N2C1CCN(S(=O)(=O)c2cc(Cl)ccc2Cl)CC1.Cc1ccc2c(c1)COC(=O)N2C1CCN(S(=O)(=O)c2ccc(-c3ccccc3)cc2)CC1.Cc1ccc2c(c1)COC(=O)N2C1CCN(S(=O)(=O)c2ccc(Cl)cc2)CC1.Cc1ccc2c(c1)COC(=O)N2C1CCN(S(=O)(=O)c2ccccc2C#N)CC1.Cc1ccc2c(c1)COC(=O)N2C1CCN(S(=O)(=O)c2cnc(Cl)c(Br)c2)CC1. The number of aryl methyl sites for hydroxylation is 5. The predicted octanol–water partition coefficient (Wildman–Crippen LogP) is 20.8. The van der Waals surface area contributed by atoms with Crippen molar-refractivity contribution >= 4 is 171 Å². The molecule has 0 spiro atoms.